The van der Waals surface area contributed by atoms with E-state index in [1.165, 1.54) is 7.11 Å². The van der Waals surface area contributed by atoms with Crippen LogP contribution >= 0.6 is 0 Å². The number of aliphatic hydroxyl groups excluding tert-OH is 1. The lowest BCUT2D eigenvalue weighted by molar-refractivity contribution is -0.304. The number of hydrogen-bond acceptors (Lipinski definition) is 8. The predicted molar refractivity (Wildman–Crippen MR) is 123 cm³/mol. The molecule has 1 fully saturated rings. The number of primary amides is 1. The van der Waals surface area contributed by atoms with Crippen molar-refractivity contribution in [1.82, 2.24) is 0 Å². The number of amides is 1. The molecule has 1 aliphatic heterocycles. The van der Waals surface area contributed by atoms with Crippen molar-refractivity contribution < 1.29 is 33.3 Å². The van der Waals surface area contributed by atoms with Gasteiger partial charge in [0.25, 0.3) is 0 Å². The zero-order chi connectivity index (χ0) is 24.6. The number of fused-ring (bicyclic) bond motifs is 1. The van der Waals surface area contributed by atoms with Crippen LogP contribution in [0, 0.1) is 6.92 Å². The highest BCUT2D eigenvalue weighted by Crippen LogP contribution is 2.35. The third kappa shape index (κ3) is 4.37. The predicted octanol–water partition coefficient (Wildman–Crippen LogP) is 3.12. The number of rotatable bonds is 5. The molecular formula is C25H27NO8. The van der Waals surface area contributed by atoms with E-state index in [1.807, 2.05) is 37.3 Å². The van der Waals surface area contributed by atoms with Crippen LogP contribution in [0.5, 0.6) is 5.75 Å². The number of nitrogens with two attached hydrogens (primary N) is 1. The summed E-state index contributed by atoms with van der Waals surface area (Å²) in [5.41, 5.74) is 6.09. The Morgan fingerprint density at radius 1 is 1.15 bits per heavy atom. The molecule has 9 heteroatoms. The Morgan fingerprint density at radius 3 is 2.50 bits per heavy atom. The molecule has 0 bridgehead atoms. The lowest BCUT2D eigenvalue weighted by Crippen LogP contribution is -2.65. The number of aliphatic hydroxyl groups is 1. The highest BCUT2D eigenvalue weighted by molar-refractivity contribution is 5.87. The highest BCUT2D eigenvalue weighted by atomic mass is 16.7. The Labute approximate surface area is 196 Å². The van der Waals surface area contributed by atoms with Crippen molar-refractivity contribution in [2.45, 2.75) is 51.0 Å². The molecule has 2 heterocycles. The largest absolute Gasteiger partial charge is 0.461 e. The summed E-state index contributed by atoms with van der Waals surface area (Å²) in [6, 6.07) is 14.3. The molecule has 9 nitrogen and oxygen atoms in total. The van der Waals surface area contributed by atoms with Crippen molar-refractivity contribution in [1.29, 1.82) is 0 Å². The fraction of sp³-hybridized carbons (Fsp3) is 0.360. The van der Waals surface area contributed by atoms with Crippen LogP contribution in [0.25, 0.3) is 22.1 Å². The van der Waals surface area contributed by atoms with Crippen LogP contribution in [0.15, 0.2) is 57.7 Å². The van der Waals surface area contributed by atoms with Crippen molar-refractivity contribution in [2.24, 2.45) is 5.73 Å². The molecule has 1 aliphatic rings. The van der Waals surface area contributed by atoms with Gasteiger partial charge in [-0.1, -0.05) is 30.3 Å². The highest BCUT2D eigenvalue weighted by Gasteiger charge is 2.52. The van der Waals surface area contributed by atoms with E-state index < -0.39 is 41.9 Å². The summed E-state index contributed by atoms with van der Waals surface area (Å²) >= 11 is 0. The van der Waals surface area contributed by atoms with Crippen molar-refractivity contribution in [2.75, 3.05) is 7.11 Å². The Hall–Kier alpha value is -3.40. The molecule has 0 radical (unpaired) electrons. The molecule has 180 valence electrons. The lowest BCUT2D eigenvalue weighted by atomic mass is 9.89. The minimum absolute atomic E-state index is 0.282. The Balaban J connectivity index is 1.69. The molecule has 1 saturated heterocycles. The Kier molecular flexibility index (Phi) is 6.35. The van der Waals surface area contributed by atoms with Crippen molar-refractivity contribution in [3.8, 4) is 16.9 Å². The zero-order valence-electron chi connectivity index (χ0n) is 19.3. The summed E-state index contributed by atoms with van der Waals surface area (Å²) in [5, 5.41) is 11.5. The second-order valence-corrected chi connectivity index (χ2v) is 8.67. The van der Waals surface area contributed by atoms with Gasteiger partial charge in [-0.3, -0.25) is 0 Å². The first-order valence-corrected chi connectivity index (χ1v) is 10.8. The minimum atomic E-state index is -1.26. The quantitative estimate of drug-likeness (QED) is 0.545. The number of hydrogen-bond donors (Lipinski definition) is 2. The first kappa shape index (κ1) is 23.7. The summed E-state index contributed by atoms with van der Waals surface area (Å²) in [7, 11) is 1.42. The number of carbonyl (C=O) groups excluding carboxylic acids is 1. The molecule has 1 unspecified atom stereocenters. The second-order valence-electron chi connectivity index (χ2n) is 8.67. The SMILES string of the molecule is CO[C@@H]1[C@@H](O)C(OC(N)=O)[C@H](Oc2ccc3c(C)c(-c4ccccc4)c(=O)oc3c2)OC1(C)C. The van der Waals surface area contributed by atoms with Gasteiger partial charge in [0.15, 0.2) is 6.10 Å². The van der Waals surface area contributed by atoms with Gasteiger partial charge in [-0.2, -0.15) is 0 Å². The molecule has 34 heavy (non-hydrogen) atoms. The molecule has 0 spiro atoms. The van der Waals surface area contributed by atoms with E-state index in [4.69, 9.17) is 29.1 Å². The summed E-state index contributed by atoms with van der Waals surface area (Å²) in [6.45, 7) is 5.29. The van der Waals surface area contributed by atoms with Gasteiger partial charge in [-0.05, 0) is 44.0 Å². The molecule has 3 aromatic rings. The number of ether oxygens (including phenoxy) is 4. The van der Waals surface area contributed by atoms with E-state index >= 15 is 0 Å². The molecule has 1 aromatic heterocycles. The molecule has 0 aliphatic carbocycles. The van der Waals surface area contributed by atoms with Gasteiger partial charge in [-0.25, -0.2) is 9.59 Å². The number of methoxy groups -OCH3 is 1. The van der Waals surface area contributed by atoms with Gasteiger partial charge >= 0.3 is 11.7 Å². The smallest absolute Gasteiger partial charge is 0.405 e. The molecule has 4 atom stereocenters. The van der Waals surface area contributed by atoms with Crippen molar-refractivity contribution in [3.05, 3.63) is 64.5 Å². The van der Waals surface area contributed by atoms with Crippen LogP contribution < -0.4 is 16.1 Å². The maximum Gasteiger partial charge on any atom is 0.405 e. The van der Waals surface area contributed by atoms with Gasteiger partial charge < -0.3 is 34.2 Å². The topological polar surface area (TPSA) is 130 Å². The van der Waals surface area contributed by atoms with Crippen LogP contribution in [-0.2, 0) is 14.2 Å². The van der Waals surface area contributed by atoms with E-state index in [9.17, 15) is 14.7 Å². The van der Waals surface area contributed by atoms with Gasteiger partial charge in [0.05, 0.1) is 11.2 Å². The zero-order valence-corrected chi connectivity index (χ0v) is 19.3. The maximum absolute atomic E-state index is 12.8. The molecule has 3 N–H and O–H groups in total. The number of aryl methyl sites for hydroxylation is 1. The fourth-order valence-corrected chi connectivity index (χ4v) is 4.43. The van der Waals surface area contributed by atoms with Crippen LogP contribution in [-0.4, -0.2) is 48.5 Å². The van der Waals surface area contributed by atoms with Crippen LogP contribution in [0.3, 0.4) is 0 Å². The van der Waals surface area contributed by atoms with E-state index in [1.54, 1.807) is 32.0 Å². The first-order valence-electron chi connectivity index (χ1n) is 10.8. The molecular weight excluding hydrogens is 442 g/mol. The minimum Gasteiger partial charge on any atom is -0.461 e. The van der Waals surface area contributed by atoms with E-state index in [0.29, 0.717) is 11.1 Å². The number of benzene rings is 2. The van der Waals surface area contributed by atoms with Crippen LogP contribution in [0.2, 0.25) is 0 Å². The summed E-state index contributed by atoms with van der Waals surface area (Å²) < 4.78 is 27.9. The Morgan fingerprint density at radius 2 is 1.85 bits per heavy atom. The van der Waals surface area contributed by atoms with Gasteiger partial charge in [0.1, 0.15) is 23.5 Å². The maximum atomic E-state index is 12.8. The van der Waals surface area contributed by atoms with Crippen LogP contribution in [0.1, 0.15) is 19.4 Å². The van der Waals surface area contributed by atoms with E-state index in [-0.39, 0.29) is 5.75 Å². The van der Waals surface area contributed by atoms with E-state index in [0.717, 1.165) is 16.5 Å². The van der Waals surface area contributed by atoms with Crippen molar-refractivity contribution in [3.63, 3.8) is 0 Å². The molecule has 4 rings (SSSR count). The summed E-state index contributed by atoms with van der Waals surface area (Å²) in [5.74, 6) is 0.282. The average Bonchev–Trinajstić information content (AvgIpc) is 2.76. The second kappa shape index (κ2) is 9.09. The molecule has 1 amide bonds. The standard InChI is InChI=1S/C25H27NO8/c1-13-16-11-10-15(12-17(16)32-22(28)18(13)14-8-6-5-7-9-14)31-23-20(33-24(26)29)19(27)21(30-4)25(2,3)34-23/h5-12,19-21,23,27H,1-4H3,(H2,26,29)/t19-,20?,21+,23+/m0/s1. The van der Waals surface area contributed by atoms with Crippen molar-refractivity contribution >= 4 is 17.1 Å². The summed E-state index contributed by atoms with van der Waals surface area (Å²) in [6.07, 6.45) is -5.60. The fourth-order valence-electron chi connectivity index (χ4n) is 4.43. The summed E-state index contributed by atoms with van der Waals surface area (Å²) in [4.78, 5) is 24.2. The van der Waals surface area contributed by atoms with Gasteiger partial charge in [0, 0.05) is 18.6 Å². The number of carbonyl (C=O) groups is 1. The first-order chi connectivity index (χ1) is 16.1. The van der Waals surface area contributed by atoms with Gasteiger partial charge in [0.2, 0.25) is 6.29 Å². The van der Waals surface area contributed by atoms with E-state index in [2.05, 4.69) is 0 Å². The average molecular weight is 469 g/mol. The normalized spacial score (nSPS) is 24.0. The Bertz CT molecular complexity index is 1250. The monoisotopic (exact) mass is 469 g/mol. The lowest BCUT2D eigenvalue weighted by Gasteiger charge is -2.47. The third-order valence-corrected chi connectivity index (χ3v) is 5.98. The van der Waals surface area contributed by atoms with Crippen LogP contribution in [0.4, 0.5) is 4.79 Å². The van der Waals surface area contributed by atoms with Gasteiger partial charge in [-0.15, -0.1) is 0 Å². The molecule has 0 saturated carbocycles. The third-order valence-electron chi connectivity index (χ3n) is 5.98. The molecule has 2 aromatic carbocycles.